The number of ether oxygens (including phenoxy) is 2. The molecule has 0 aliphatic carbocycles. The van der Waals surface area contributed by atoms with Crippen molar-refractivity contribution < 1.29 is 34.1 Å². The van der Waals surface area contributed by atoms with Crippen molar-refractivity contribution in [2.24, 2.45) is 23.2 Å². The van der Waals surface area contributed by atoms with E-state index in [1.54, 1.807) is 34.6 Å². The minimum absolute atomic E-state index is 0.0632. The summed E-state index contributed by atoms with van der Waals surface area (Å²) in [7, 11) is 0. The molecule has 0 spiro atoms. The van der Waals surface area contributed by atoms with Crippen molar-refractivity contribution >= 4 is 17.7 Å². The molecule has 34 heavy (non-hydrogen) atoms. The third-order valence-electron chi connectivity index (χ3n) is 7.13. The lowest BCUT2D eigenvalue weighted by molar-refractivity contribution is -0.160. The van der Waals surface area contributed by atoms with Gasteiger partial charge in [0.05, 0.1) is 43.6 Å². The maximum absolute atomic E-state index is 13.5. The third-order valence-corrected chi connectivity index (χ3v) is 7.13. The highest BCUT2D eigenvalue weighted by molar-refractivity contribution is 5.88. The average Bonchev–Trinajstić information content (AvgIpc) is 2.77. The summed E-state index contributed by atoms with van der Waals surface area (Å²) in [5.74, 6) is -1.55. The number of hydrogen-bond acceptors (Lipinski definition) is 8. The molecule has 1 fully saturated rings. The Morgan fingerprint density at radius 1 is 1.15 bits per heavy atom. The second kappa shape index (κ2) is 13.5. The zero-order valence-electron chi connectivity index (χ0n) is 22.2. The minimum atomic E-state index is -1.22. The lowest BCUT2D eigenvalue weighted by Gasteiger charge is -2.36. The van der Waals surface area contributed by atoms with Gasteiger partial charge in [0.15, 0.2) is 0 Å². The molecule has 0 aromatic rings. The number of Topliss-reactive ketones (excluding diaryl/α,β-unsaturated/α-hetero) is 1. The van der Waals surface area contributed by atoms with Crippen LogP contribution in [0.1, 0.15) is 87.0 Å². The minimum Gasteiger partial charge on any atom is -0.466 e. The Hall–Kier alpha value is -1.51. The maximum atomic E-state index is 13.5. The Morgan fingerprint density at radius 3 is 2.38 bits per heavy atom. The van der Waals surface area contributed by atoms with Gasteiger partial charge in [-0.05, 0) is 44.9 Å². The van der Waals surface area contributed by atoms with Gasteiger partial charge in [-0.1, -0.05) is 47.5 Å². The van der Waals surface area contributed by atoms with Crippen LogP contribution < -0.4 is 5.32 Å². The van der Waals surface area contributed by atoms with Gasteiger partial charge in [-0.2, -0.15) is 0 Å². The van der Waals surface area contributed by atoms with E-state index in [-0.39, 0.29) is 31.3 Å². The van der Waals surface area contributed by atoms with Crippen LogP contribution >= 0.6 is 0 Å². The van der Waals surface area contributed by atoms with E-state index in [1.165, 1.54) is 0 Å². The van der Waals surface area contributed by atoms with Crippen molar-refractivity contribution in [2.75, 3.05) is 19.8 Å². The summed E-state index contributed by atoms with van der Waals surface area (Å²) in [5, 5.41) is 23.1. The molecule has 0 aromatic carbocycles. The number of carbonyl (C=O) groups excluding carboxylic acids is 3. The van der Waals surface area contributed by atoms with Crippen LogP contribution in [-0.4, -0.2) is 65.4 Å². The summed E-state index contributed by atoms with van der Waals surface area (Å²) in [4.78, 5) is 38.3. The topological polar surface area (TPSA) is 122 Å². The van der Waals surface area contributed by atoms with Gasteiger partial charge >= 0.3 is 11.9 Å². The van der Waals surface area contributed by atoms with Crippen molar-refractivity contribution in [3.8, 4) is 0 Å². The Morgan fingerprint density at radius 2 is 1.76 bits per heavy atom. The predicted octanol–water partition coefficient (Wildman–Crippen LogP) is 3.02. The van der Waals surface area contributed by atoms with E-state index in [1.807, 2.05) is 6.92 Å². The summed E-state index contributed by atoms with van der Waals surface area (Å²) in [5.41, 5.74) is -1.85. The summed E-state index contributed by atoms with van der Waals surface area (Å²) in [6.45, 7) is 12.7. The lowest BCUT2D eigenvalue weighted by Crippen LogP contribution is -2.49. The van der Waals surface area contributed by atoms with Crippen LogP contribution in [0, 0.1) is 23.2 Å². The van der Waals surface area contributed by atoms with E-state index in [4.69, 9.17) is 9.47 Å². The molecule has 1 heterocycles. The first-order valence-electron chi connectivity index (χ1n) is 12.6. The summed E-state index contributed by atoms with van der Waals surface area (Å²) in [6.07, 6.45) is 2.29. The average molecular weight is 486 g/mol. The number of rotatable bonds is 5. The highest BCUT2D eigenvalue weighted by atomic mass is 16.5. The summed E-state index contributed by atoms with van der Waals surface area (Å²) >= 11 is 0. The third kappa shape index (κ3) is 9.62. The molecule has 4 unspecified atom stereocenters. The van der Waals surface area contributed by atoms with E-state index < -0.39 is 41.0 Å². The monoisotopic (exact) mass is 485 g/mol. The van der Waals surface area contributed by atoms with E-state index in [2.05, 4.69) is 12.2 Å². The predicted molar refractivity (Wildman–Crippen MR) is 130 cm³/mol. The number of esters is 2. The highest BCUT2D eigenvalue weighted by Gasteiger charge is 2.43. The van der Waals surface area contributed by atoms with Gasteiger partial charge in [-0.15, -0.1) is 0 Å². The fourth-order valence-corrected chi connectivity index (χ4v) is 4.36. The van der Waals surface area contributed by atoms with Gasteiger partial charge in [-0.3, -0.25) is 19.7 Å². The van der Waals surface area contributed by atoms with Crippen LogP contribution in [0.5, 0.6) is 0 Å². The Kier molecular flexibility index (Phi) is 12.2. The van der Waals surface area contributed by atoms with Crippen LogP contribution in [0.3, 0.4) is 0 Å². The maximum Gasteiger partial charge on any atom is 0.320 e. The number of nitrogens with one attached hydrogen (secondary N) is 1. The number of aliphatic hydroxyl groups excluding tert-OH is 2. The summed E-state index contributed by atoms with van der Waals surface area (Å²) < 4.78 is 11.1. The zero-order valence-corrected chi connectivity index (χ0v) is 22.2. The molecule has 0 saturated carbocycles. The van der Waals surface area contributed by atoms with Crippen molar-refractivity contribution in [1.29, 1.82) is 0 Å². The second-order valence-corrected chi connectivity index (χ2v) is 11.3. The molecular formula is C26H47NO7. The van der Waals surface area contributed by atoms with E-state index in [0.29, 0.717) is 12.5 Å². The number of hydrogen-bond donors (Lipinski definition) is 3. The summed E-state index contributed by atoms with van der Waals surface area (Å²) in [6, 6.07) is 0. The van der Waals surface area contributed by atoms with Gasteiger partial charge in [-0.25, -0.2) is 0 Å². The van der Waals surface area contributed by atoms with E-state index in [0.717, 1.165) is 32.1 Å². The van der Waals surface area contributed by atoms with E-state index >= 15 is 0 Å². The molecule has 1 aliphatic heterocycles. The molecule has 0 radical (unpaired) electrons. The number of aliphatic hydroxyl groups is 2. The van der Waals surface area contributed by atoms with Gasteiger partial charge in [0.2, 0.25) is 0 Å². The first-order valence-corrected chi connectivity index (χ1v) is 12.6. The quantitative estimate of drug-likeness (QED) is 0.508. The smallest absolute Gasteiger partial charge is 0.320 e. The number of carbonyl (C=O) groups is 3. The van der Waals surface area contributed by atoms with Crippen LogP contribution in [-0.2, 0) is 23.9 Å². The van der Waals surface area contributed by atoms with Crippen LogP contribution in [0.15, 0.2) is 0 Å². The Balaban J connectivity index is 3.10. The van der Waals surface area contributed by atoms with Crippen LogP contribution in [0.2, 0.25) is 0 Å². The highest BCUT2D eigenvalue weighted by Crippen LogP contribution is 2.33. The lowest BCUT2D eigenvalue weighted by atomic mass is 9.73. The fourth-order valence-electron chi connectivity index (χ4n) is 4.36. The van der Waals surface area contributed by atoms with E-state index in [9.17, 15) is 24.6 Å². The Labute approximate surface area is 205 Å². The zero-order chi connectivity index (χ0) is 26.1. The molecule has 0 bridgehead atoms. The Bertz CT molecular complexity index is 676. The molecule has 3 N–H and O–H groups in total. The SMILES string of the molecule is CC1CCCOC(=O)CC(O)C(C)(C)C(=O)C(C)[C@@H](OC(=O)CNC(C)(C)CO)C(C)CCC1. The fraction of sp³-hybridized carbons (Fsp3) is 0.885. The van der Waals surface area contributed by atoms with Gasteiger partial charge in [0.1, 0.15) is 11.9 Å². The molecule has 1 aliphatic rings. The van der Waals surface area contributed by atoms with Crippen LogP contribution in [0.4, 0.5) is 0 Å². The van der Waals surface area contributed by atoms with Crippen molar-refractivity contribution in [3.05, 3.63) is 0 Å². The molecule has 8 nitrogen and oxygen atoms in total. The molecular weight excluding hydrogens is 438 g/mol. The standard InChI is InChI=1S/C26H47NO7/c1-17-10-8-12-18(2)23(34-22(31)15-27-25(4,5)16-28)19(3)24(32)26(6,7)20(29)14-21(30)33-13-9-11-17/h17-20,23,27-29H,8-16H2,1-7H3/t17?,18?,19?,20?,23-/m0/s1. The number of cyclic esters (lactones) is 1. The molecule has 198 valence electrons. The molecule has 5 atom stereocenters. The molecule has 1 rings (SSSR count). The normalized spacial score (nSPS) is 30.4. The van der Waals surface area contributed by atoms with Gasteiger partial charge < -0.3 is 19.7 Å². The molecule has 0 aromatic heterocycles. The van der Waals surface area contributed by atoms with Gasteiger partial charge in [0.25, 0.3) is 0 Å². The first kappa shape index (κ1) is 30.5. The molecule has 0 amide bonds. The van der Waals surface area contributed by atoms with Crippen molar-refractivity contribution in [3.63, 3.8) is 0 Å². The molecule has 1 saturated heterocycles. The largest absolute Gasteiger partial charge is 0.466 e. The number of ketones is 1. The van der Waals surface area contributed by atoms with Crippen molar-refractivity contribution in [2.45, 2.75) is 105 Å². The van der Waals surface area contributed by atoms with Gasteiger partial charge in [0, 0.05) is 5.54 Å². The second-order valence-electron chi connectivity index (χ2n) is 11.3. The first-order chi connectivity index (χ1) is 15.7. The van der Waals surface area contributed by atoms with Crippen LogP contribution in [0.25, 0.3) is 0 Å². The van der Waals surface area contributed by atoms with Crippen molar-refractivity contribution in [1.82, 2.24) is 5.32 Å². The molecule has 8 heteroatoms.